The molecule has 1 aliphatic heterocycles. The number of nitrogens with one attached hydrogen (secondary N) is 3. The first-order chi connectivity index (χ1) is 22.1. The summed E-state index contributed by atoms with van der Waals surface area (Å²) in [6, 6.07) is 4.31. The van der Waals surface area contributed by atoms with E-state index >= 15 is 0 Å². The summed E-state index contributed by atoms with van der Waals surface area (Å²) >= 11 is 0. The van der Waals surface area contributed by atoms with E-state index in [0.717, 1.165) is 11.5 Å². The van der Waals surface area contributed by atoms with Crippen LogP contribution >= 0.6 is 0 Å². The van der Waals surface area contributed by atoms with Gasteiger partial charge in [0.25, 0.3) is 5.91 Å². The van der Waals surface area contributed by atoms with Crippen molar-refractivity contribution in [2.45, 2.75) is 132 Å². The molecular weight excluding hydrogens is 614 g/mol. The van der Waals surface area contributed by atoms with E-state index in [0.29, 0.717) is 18.3 Å². The van der Waals surface area contributed by atoms with Crippen molar-refractivity contribution in [3.8, 4) is 0 Å². The van der Waals surface area contributed by atoms with E-state index in [1.807, 2.05) is 18.2 Å². The standard InChI is InChI=1S/C26H37N5O7.C5H10.C5H12/c1-15(19(32)21(27)33)28-22(34)18-12-9-13-31(18)23(35)20(26(3,4)5)30-25(37)29-16(2)24(36)38-14-17-10-7-6-8-11-17;1-5-3-2-4-5;1-5(2,3)4/h6-8,10-11,15-16,18,20H,9,12-14H2,1-5H3,(H2,27,33)(H,28,34)(H2,29,30,37);5H,2-4H2,1H3;1-4H3/t15?,16?,18-,20?;;/m0../s1. The van der Waals surface area contributed by atoms with Crippen LogP contribution in [0, 0.1) is 16.7 Å². The van der Waals surface area contributed by atoms with Gasteiger partial charge in [-0.15, -0.1) is 0 Å². The number of ketones is 1. The molecule has 1 aromatic carbocycles. The Labute approximate surface area is 286 Å². The molecule has 3 unspecified atom stereocenters. The molecule has 1 aliphatic carbocycles. The average molecular weight is 674 g/mol. The summed E-state index contributed by atoms with van der Waals surface area (Å²) in [4.78, 5) is 75.7. The molecule has 2 fully saturated rings. The number of nitrogens with zero attached hydrogens (tertiary/aromatic N) is 1. The Kier molecular flexibility index (Phi) is 16.8. The van der Waals surface area contributed by atoms with Crippen molar-refractivity contribution in [2.24, 2.45) is 22.5 Å². The van der Waals surface area contributed by atoms with E-state index in [1.165, 1.54) is 38.0 Å². The van der Waals surface area contributed by atoms with Crippen LogP contribution in [0.4, 0.5) is 4.79 Å². The number of hydrogen-bond donors (Lipinski definition) is 4. The molecule has 48 heavy (non-hydrogen) atoms. The summed E-state index contributed by atoms with van der Waals surface area (Å²) in [6.07, 6.45) is 5.35. The van der Waals surface area contributed by atoms with Crippen molar-refractivity contribution in [2.75, 3.05) is 6.54 Å². The third-order valence-electron chi connectivity index (χ3n) is 7.54. The first-order valence-corrected chi connectivity index (χ1v) is 16.8. The molecule has 4 atom stereocenters. The van der Waals surface area contributed by atoms with Crippen LogP contribution in [0.15, 0.2) is 30.3 Å². The summed E-state index contributed by atoms with van der Waals surface area (Å²) < 4.78 is 5.24. The summed E-state index contributed by atoms with van der Waals surface area (Å²) in [5.41, 5.74) is 5.55. The summed E-state index contributed by atoms with van der Waals surface area (Å²) in [6.45, 7) is 19.5. The van der Waals surface area contributed by atoms with Crippen molar-refractivity contribution < 1.29 is 33.5 Å². The number of Topliss-reactive ketones (excluding diaryl/α,β-unsaturated/α-hetero) is 1. The topological polar surface area (TPSA) is 177 Å². The fourth-order valence-corrected chi connectivity index (χ4v) is 4.60. The highest BCUT2D eigenvalue weighted by Crippen LogP contribution is 2.26. The number of likely N-dealkylation sites (tertiary alicyclic amines) is 1. The highest BCUT2D eigenvalue weighted by molar-refractivity contribution is 6.37. The van der Waals surface area contributed by atoms with Crippen molar-refractivity contribution in [3.05, 3.63) is 35.9 Å². The Morgan fingerprint density at radius 2 is 1.40 bits per heavy atom. The third kappa shape index (κ3) is 15.8. The summed E-state index contributed by atoms with van der Waals surface area (Å²) in [5, 5.41) is 7.56. The molecule has 1 saturated heterocycles. The Morgan fingerprint density at radius 3 is 1.85 bits per heavy atom. The number of nitrogens with two attached hydrogens (primary N) is 1. The van der Waals surface area contributed by atoms with Gasteiger partial charge in [0.05, 0.1) is 6.04 Å². The van der Waals surface area contributed by atoms with Crippen LogP contribution in [0.5, 0.6) is 0 Å². The maximum atomic E-state index is 13.5. The van der Waals surface area contributed by atoms with E-state index in [2.05, 4.69) is 50.6 Å². The highest BCUT2D eigenvalue weighted by atomic mass is 16.5. The molecule has 5 amide bonds. The van der Waals surface area contributed by atoms with Crippen LogP contribution in [0.3, 0.4) is 0 Å². The van der Waals surface area contributed by atoms with Gasteiger partial charge in [0.2, 0.25) is 17.6 Å². The Balaban J connectivity index is 0.000000986. The third-order valence-corrected chi connectivity index (χ3v) is 7.54. The SMILES string of the molecule is CC(C)(C)C.CC(NC(=O)NC(C(=O)N1CCC[C@H]1C(=O)NC(C)C(=O)C(N)=O)C(C)(C)C)C(=O)OCc1ccccc1.CC1CCC1. The predicted octanol–water partition coefficient (Wildman–Crippen LogP) is 4.24. The van der Waals surface area contributed by atoms with E-state index in [1.54, 1.807) is 32.9 Å². The largest absolute Gasteiger partial charge is 0.459 e. The number of benzene rings is 1. The minimum atomic E-state index is -1.17. The molecule has 0 radical (unpaired) electrons. The number of esters is 1. The van der Waals surface area contributed by atoms with Crippen LogP contribution in [-0.2, 0) is 35.3 Å². The zero-order valence-electron chi connectivity index (χ0n) is 30.6. The molecule has 0 aromatic heterocycles. The molecule has 1 aromatic rings. The van der Waals surface area contributed by atoms with Crippen molar-refractivity contribution >= 4 is 35.5 Å². The van der Waals surface area contributed by atoms with Gasteiger partial charge >= 0.3 is 12.0 Å². The second-order valence-electron chi connectivity index (χ2n) is 15.4. The van der Waals surface area contributed by atoms with Crippen LogP contribution in [0.25, 0.3) is 0 Å². The van der Waals surface area contributed by atoms with Gasteiger partial charge in [-0.25, -0.2) is 9.59 Å². The number of urea groups is 1. The molecule has 0 spiro atoms. The van der Waals surface area contributed by atoms with Gasteiger partial charge in [0.1, 0.15) is 24.7 Å². The summed E-state index contributed by atoms with van der Waals surface area (Å²) in [5.74, 6) is -2.77. The highest BCUT2D eigenvalue weighted by Gasteiger charge is 2.42. The molecule has 12 heteroatoms. The van der Waals surface area contributed by atoms with Crippen molar-refractivity contribution in [1.29, 1.82) is 0 Å². The number of hydrogen-bond acceptors (Lipinski definition) is 7. The molecule has 0 bridgehead atoms. The van der Waals surface area contributed by atoms with E-state index in [4.69, 9.17) is 10.5 Å². The minimum Gasteiger partial charge on any atom is -0.459 e. The van der Waals surface area contributed by atoms with Gasteiger partial charge in [-0.05, 0) is 49.0 Å². The van der Waals surface area contributed by atoms with Crippen LogP contribution in [0.1, 0.15) is 107 Å². The minimum absolute atomic E-state index is 0.0540. The smallest absolute Gasteiger partial charge is 0.328 e. The maximum absolute atomic E-state index is 13.5. The van der Waals surface area contributed by atoms with Gasteiger partial charge in [-0.2, -0.15) is 0 Å². The number of carbonyl (C=O) groups is 6. The van der Waals surface area contributed by atoms with Crippen LogP contribution < -0.4 is 21.7 Å². The Hall–Kier alpha value is -3.96. The molecule has 1 heterocycles. The predicted molar refractivity (Wildman–Crippen MR) is 185 cm³/mol. The zero-order valence-corrected chi connectivity index (χ0v) is 30.6. The van der Waals surface area contributed by atoms with E-state index in [9.17, 15) is 28.8 Å². The van der Waals surface area contributed by atoms with Gasteiger partial charge in [0, 0.05) is 6.54 Å². The lowest BCUT2D eigenvalue weighted by Crippen LogP contribution is -2.60. The second-order valence-corrected chi connectivity index (χ2v) is 15.4. The molecule has 270 valence electrons. The second kappa shape index (κ2) is 19.1. The molecule has 3 rings (SSSR count). The lowest BCUT2D eigenvalue weighted by atomic mass is 9.85. The lowest BCUT2D eigenvalue weighted by Gasteiger charge is -2.35. The number of rotatable bonds is 10. The fourth-order valence-electron chi connectivity index (χ4n) is 4.60. The number of primary amides is 1. The summed E-state index contributed by atoms with van der Waals surface area (Å²) in [7, 11) is 0. The molecule has 5 N–H and O–H groups in total. The molecule has 12 nitrogen and oxygen atoms in total. The molecule has 1 saturated carbocycles. The fraction of sp³-hybridized carbons (Fsp3) is 0.667. The van der Waals surface area contributed by atoms with E-state index < -0.39 is 65.1 Å². The first-order valence-electron chi connectivity index (χ1n) is 16.8. The van der Waals surface area contributed by atoms with Gasteiger partial charge in [-0.1, -0.05) is 105 Å². The average Bonchev–Trinajstić information content (AvgIpc) is 3.46. The van der Waals surface area contributed by atoms with E-state index in [-0.39, 0.29) is 13.2 Å². The maximum Gasteiger partial charge on any atom is 0.328 e. The molecule has 2 aliphatic rings. The number of amides is 5. The van der Waals surface area contributed by atoms with Gasteiger partial charge in [0.15, 0.2) is 0 Å². The lowest BCUT2D eigenvalue weighted by molar-refractivity contribution is -0.146. The first kappa shape index (κ1) is 42.1. The van der Waals surface area contributed by atoms with Gasteiger partial charge in [-0.3, -0.25) is 19.2 Å². The zero-order chi connectivity index (χ0) is 36.8. The normalized spacial score (nSPS) is 17.8. The quantitative estimate of drug-likeness (QED) is 0.212. The number of carbonyl (C=O) groups excluding carboxylic acids is 6. The number of ether oxygens (including phenoxy) is 1. The van der Waals surface area contributed by atoms with Crippen LogP contribution in [-0.4, -0.2) is 71.1 Å². The molecular formula is C36H59N5O7. The Morgan fingerprint density at radius 1 is 0.854 bits per heavy atom. The van der Waals surface area contributed by atoms with Crippen molar-refractivity contribution in [1.82, 2.24) is 20.9 Å². The Bertz CT molecular complexity index is 1230. The van der Waals surface area contributed by atoms with Crippen LogP contribution in [0.2, 0.25) is 0 Å². The van der Waals surface area contributed by atoms with Gasteiger partial charge < -0.3 is 31.3 Å². The monoisotopic (exact) mass is 673 g/mol. The van der Waals surface area contributed by atoms with Crippen molar-refractivity contribution in [3.63, 3.8) is 0 Å².